The number of carbonyl (C=O) groups excluding carboxylic acids is 1. The number of ether oxygens (including phenoxy) is 2. The van der Waals surface area contributed by atoms with E-state index >= 15 is 0 Å². The van der Waals surface area contributed by atoms with E-state index in [1.165, 1.54) is 0 Å². The second-order valence-corrected chi connectivity index (χ2v) is 5.47. The van der Waals surface area contributed by atoms with Crippen LogP contribution in [0.4, 0.5) is 0 Å². The summed E-state index contributed by atoms with van der Waals surface area (Å²) in [6, 6.07) is 3.49. The lowest BCUT2D eigenvalue weighted by atomic mass is 10.1. The fraction of sp³-hybridized carbons (Fsp3) is 0.412. The minimum absolute atomic E-state index is 0.0843. The van der Waals surface area contributed by atoms with Crippen LogP contribution in [0.15, 0.2) is 36.9 Å². The molecular weight excluding hydrogens is 308 g/mol. The molecule has 0 aromatic carbocycles. The van der Waals surface area contributed by atoms with Gasteiger partial charge in [0.05, 0.1) is 19.3 Å². The SMILES string of the molecule is CCOc1ncccc1C(=O)N1CCCC(Oc2cnccn2)C1. The Bertz CT molecular complexity index is 681. The molecule has 0 spiro atoms. The zero-order valence-electron chi connectivity index (χ0n) is 13.6. The first-order chi connectivity index (χ1) is 11.8. The Morgan fingerprint density at radius 1 is 1.33 bits per heavy atom. The molecule has 1 atom stereocenters. The molecule has 1 amide bonds. The fourth-order valence-corrected chi connectivity index (χ4v) is 2.71. The monoisotopic (exact) mass is 328 g/mol. The van der Waals surface area contributed by atoms with Crippen LogP contribution in [0.1, 0.15) is 30.1 Å². The van der Waals surface area contributed by atoms with E-state index in [4.69, 9.17) is 9.47 Å². The van der Waals surface area contributed by atoms with Crippen LogP contribution in [0, 0.1) is 0 Å². The zero-order valence-corrected chi connectivity index (χ0v) is 13.6. The standard InChI is InChI=1S/C17H20N4O3/c1-2-23-16-14(6-3-7-20-16)17(22)21-10-4-5-13(12-21)24-15-11-18-8-9-19-15/h3,6-9,11,13H,2,4-5,10,12H2,1H3. The number of rotatable bonds is 5. The highest BCUT2D eigenvalue weighted by Crippen LogP contribution is 2.21. The summed E-state index contributed by atoms with van der Waals surface area (Å²) in [6.07, 6.45) is 8.05. The minimum Gasteiger partial charge on any atom is -0.477 e. The minimum atomic E-state index is -0.0911. The lowest BCUT2D eigenvalue weighted by molar-refractivity contribution is 0.0522. The molecule has 3 heterocycles. The van der Waals surface area contributed by atoms with Gasteiger partial charge in [-0.1, -0.05) is 0 Å². The van der Waals surface area contributed by atoms with Gasteiger partial charge in [0.2, 0.25) is 11.8 Å². The number of amides is 1. The summed E-state index contributed by atoms with van der Waals surface area (Å²) in [5.41, 5.74) is 0.486. The van der Waals surface area contributed by atoms with Gasteiger partial charge in [0.25, 0.3) is 5.91 Å². The van der Waals surface area contributed by atoms with E-state index in [1.54, 1.807) is 41.8 Å². The van der Waals surface area contributed by atoms with Crippen LogP contribution in [0.2, 0.25) is 0 Å². The maximum absolute atomic E-state index is 12.8. The average molecular weight is 328 g/mol. The molecule has 126 valence electrons. The second kappa shape index (κ2) is 7.72. The molecule has 1 fully saturated rings. The van der Waals surface area contributed by atoms with Gasteiger partial charge < -0.3 is 14.4 Å². The molecule has 0 N–H and O–H groups in total. The van der Waals surface area contributed by atoms with Gasteiger partial charge in [-0.25, -0.2) is 9.97 Å². The topological polar surface area (TPSA) is 77.4 Å². The number of nitrogens with zero attached hydrogens (tertiary/aromatic N) is 4. The molecule has 1 aliphatic heterocycles. The van der Waals surface area contributed by atoms with E-state index < -0.39 is 0 Å². The van der Waals surface area contributed by atoms with Crippen molar-refractivity contribution in [2.75, 3.05) is 19.7 Å². The summed E-state index contributed by atoms with van der Waals surface area (Å²) in [6.45, 7) is 3.54. The third kappa shape index (κ3) is 3.79. The number of likely N-dealkylation sites (tertiary alicyclic amines) is 1. The highest BCUT2D eigenvalue weighted by molar-refractivity contribution is 5.96. The smallest absolute Gasteiger partial charge is 0.259 e. The lowest BCUT2D eigenvalue weighted by Crippen LogP contribution is -2.44. The van der Waals surface area contributed by atoms with Crippen molar-refractivity contribution in [2.24, 2.45) is 0 Å². The van der Waals surface area contributed by atoms with Gasteiger partial charge in [-0.05, 0) is 31.9 Å². The summed E-state index contributed by atoms with van der Waals surface area (Å²) < 4.78 is 11.3. The molecule has 0 radical (unpaired) electrons. The number of pyridine rings is 1. The zero-order chi connectivity index (χ0) is 16.8. The van der Waals surface area contributed by atoms with Crippen LogP contribution in [0.3, 0.4) is 0 Å². The maximum Gasteiger partial charge on any atom is 0.259 e. The predicted molar refractivity (Wildman–Crippen MR) is 87.0 cm³/mol. The number of aromatic nitrogens is 3. The normalized spacial score (nSPS) is 17.4. The Labute approximate surface area is 140 Å². The van der Waals surface area contributed by atoms with Crippen LogP contribution in [-0.4, -0.2) is 51.6 Å². The Balaban J connectivity index is 1.69. The second-order valence-electron chi connectivity index (χ2n) is 5.47. The van der Waals surface area contributed by atoms with Gasteiger partial charge in [0, 0.05) is 25.1 Å². The lowest BCUT2D eigenvalue weighted by Gasteiger charge is -2.32. The molecule has 0 aliphatic carbocycles. The van der Waals surface area contributed by atoms with Crippen LogP contribution in [-0.2, 0) is 0 Å². The third-order valence-corrected chi connectivity index (χ3v) is 3.77. The van der Waals surface area contributed by atoms with Crippen molar-refractivity contribution in [1.82, 2.24) is 19.9 Å². The summed E-state index contributed by atoms with van der Waals surface area (Å²) in [4.78, 5) is 26.9. The van der Waals surface area contributed by atoms with Crippen molar-refractivity contribution >= 4 is 5.91 Å². The molecule has 0 saturated carbocycles. The van der Waals surface area contributed by atoms with Gasteiger partial charge in [-0.3, -0.25) is 9.78 Å². The van der Waals surface area contributed by atoms with Crippen LogP contribution in [0.5, 0.6) is 11.8 Å². The van der Waals surface area contributed by atoms with E-state index in [2.05, 4.69) is 15.0 Å². The van der Waals surface area contributed by atoms with Crippen molar-refractivity contribution in [3.63, 3.8) is 0 Å². The fourth-order valence-electron chi connectivity index (χ4n) is 2.71. The number of piperidine rings is 1. The van der Waals surface area contributed by atoms with Crippen LogP contribution in [0.25, 0.3) is 0 Å². The molecule has 1 saturated heterocycles. The first kappa shape index (κ1) is 16.2. The Kier molecular flexibility index (Phi) is 5.20. The predicted octanol–water partition coefficient (Wildman–Crippen LogP) is 1.95. The van der Waals surface area contributed by atoms with Crippen molar-refractivity contribution in [1.29, 1.82) is 0 Å². The highest BCUT2D eigenvalue weighted by Gasteiger charge is 2.27. The molecule has 2 aromatic rings. The molecule has 1 aliphatic rings. The van der Waals surface area contributed by atoms with Gasteiger partial charge >= 0.3 is 0 Å². The van der Waals surface area contributed by atoms with Gasteiger partial charge in [0.1, 0.15) is 11.7 Å². The summed E-state index contributed by atoms with van der Waals surface area (Å²) in [5, 5.41) is 0. The largest absolute Gasteiger partial charge is 0.477 e. The highest BCUT2D eigenvalue weighted by atomic mass is 16.5. The number of hydrogen-bond donors (Lipinski definition) is 0. The van der Waals surface area contributed by atoms with E-state index in [1.807, 2.05) is 6.92 Å². The summed E-state index contributed by atoms with van der Waals surface area (Å²) in [5.74, 6) is 0.772. The summed E-state index contributed by atoms with van der Waals surface area (Å²) in [7, 11) is 0. The molecule has 2 aromatic heterocycles. The van der Waals surface area contributed by atoms with Crippen molar-refractivity contribution in [2.45, 2.75) is 25.9 Å². The van der Waals surface area contributed by atoms with E-state index in [0.29, 0.717) is 37.0 Å². The van der Waals surface area contributed by atoms with Crippen molar-refractivity contribution < 1.29 is 14.3 Å². The number of hydrogen-bond acceptors (Lipinski definition) is 6. The quantitative estimate of drug-likeness (QED) is 0.835. The molecule has 24 heavy (non-hydrogen) atoms. The first-order valence-corrected chi connectivity index (χ1v) is 8.07. The van der Waals surface area contributed by atoms with Crippen LogP contribution >= 0.6 is 0 Å². The van der Waals surface area contributed by atoms with E-state index in [0.717, 1.165) is 12.8 Å². The van der Waals surface area contributed by atoms with Crippen molar-refractivity contribution in [3.8, 4) is 11.8 Å². The first-order valence-electron chi connectivity index (χ1n) is 8.07. The molecule has 7 nitrogen and oxygen atoms in total. The van der Waals surface area contributed by atoms with Crippen LogP contribution < -0.4 is 9.47 Å². The van der Waals surface area contributed by atoms with Gasteiger partial charge in [-0.2, -0.15) is 0 Å². The Hall–Kier alpha value is -2.70. The maximum atomic E-state index is 12.8. The average Bonchev–Trinajstić information content (AvgIpc) is 2.63. The Morgan fingerprint density at radius 3 is 3.04 bits per heavy atom. The van der Waals surface area contributed by atoms with Gasteiger partial charge in [-0.15, -0.1) is 0 Å². The van der Waals surface area contributed by atoms with Crippen molar-refractivity contribution in [3.05, 3.63) is 42.5 Å². The molecule has 7 heteroatoms. The third-order valence-electron chi connectivity index (χ3n) is 3.77. The summed E-state index contributed by atoms with van der Waals surface area (Å²) >= 11 is 0. The van der Waals surface area contributed by atoms with Gasteiger partial charge in [0.15, 0.2) is 0 Å². The Morgan fingerprint density at radius 2 is 2.25 bits per heavy atom. The molecule has 0 bridgehead atoms. The van der Waals surface area contributed by atoms with E-state index in [-0.39, 0.29) is 12.0 Å². The van der Waals surface area contributed by atoms with E-state index in [9.17, 15) is 4.79 Å². The molecular formula is C17H20N4O3. The molecule has 3 rings (SSSR count). The molecule has 1 unspecified atom stereocenters. The number of carbonyl (C=O) groups is 1.